The van der Waals surface area contributed by atoms with Crippen molar-refractivity contribution in [2.24, 2.45) is 0 Å². The van der Waals surface area contributed by atoms with Crippen molar-refractivity contribution in [3.8, 4) is 0 Å². The third-order valence-electron chi connectivity index (χ3n) is 2.38. The fourth-order valence-corrected chi connectivity index (χ4v) is 2.85. The highest BCUT2D eigenvalue weighted by Gasteiger charge is 2.14. The average molecular weight is 345 g/mol. The van der Waals surface area contributed by atoms with Crippen molar-refractivity contribution >= 4 is 37.3 Å². The molecule has 0 heterocycles. The van der Waals surface area contributed by atoms with Gasteiger partial charge in [0.25, 0.3) is 10.0 Å². The van der Waals surface area contributed by atoms with Crippen LogP contribution in [0, 0.1) is 5.82 Å². The summed E-state index contributed by atoms with van der Waals surface area (Å²) in [5, 5.41) is 0. The molecule has 100 valence electrons. The standard InChI is InChI=1S/C12H10BrFN2O2S/c13-11-7-9(3-6-12(11)15)16-19(17,18)10-4-1-8(14)2-5-10/h1-7,16H,15H2. The van der Waals surface area contributed by atoms with E-state index in [2.05, 4.69) is 20.7 Å². The van der Waals surface area contributed by atoms with Gasteiger partial charge >= 0.3 is 0 Å². The fourth-order valence-electron chi connectivity index (χ4n) is 1.42. The molecular weight excluding hydrogens is 335 g/mol. The van der Waals surface area contributed by atoms with E-state index in [1.165, 1.54) is 12.1 Å². The number of nitrogens with two attached hydrogens (primary N) is 1. The van der Waals surface area contributed by atoms with E-state index in [9.17, 15) is 12.8 Å². The van der Waals surface area contributed by atoms with E-state index in [-0.39, 0.29) is 4.90 Å². The fraction of sp³-hybridized carbons (Fsp3) is 0. The summed E-state index contributed by atoms with van der Waals surface area (Å²) in [7, 11) is -3.74. The second kappa shape index (κ2) is 5.18. The maximum Gasteiger partial charge on any atom is 0.261 e. The minimum atomic E-state index is -3.74. The molecule has 0 aromatic heterocycles. The van der Waals surface area contributed by atoms with Crippen molar-refractivity contribution in [1.82, 2.24) is 0 Å². The number of hydrogen-bond donors (Lipinski definition) is 2. The summed E-state index contributed by atoms with van der Waals surface area (Å²) in [5.74, 6) is -0.492. The number of nitrogens with one attached hydrogen (secondary N) is 1. The lowest BCUT2D eigenvalue weighted by atomic mass is 10.3. The number of benzene rings is 2. The van der Waals surface area contributed by atoms with Crippen LogP contribution in [-0.2, 0) is 10.0 Å². The predicted octanol–water partition coefficient (Wildman–Crippen LogP) is 2.97. The summed E-state index contributed by atoms with van der Waals surface area (Å²) < 4.78 is 39.8. The van der Waals surface area contributed by atoms with Gasteiger partial charge in [0.1, 0.15) is 5.82 Å². The Kier molecular flexibility index (Phi) is 3.77. The molecule has 0 aliphatic carbocycles. The van der Waals surface area contributed by atoms with E-state index >= 15 is 0 Å². The first-order chi connectivity index (χ1) is 8.88. The lowest BCUT2D eigenvalue weighted by Gasteiger charge is -2.09. The van der Waals surface area contributed by atoms with Gasteiger partial charge < -0.3 is 5.73 Å². The lowest BCUT2D eigenvalue weighted by Crippen LogP contribution is -2.13. The van der Waals surface area contributed by atoms with Crippen LogP contribution in [0.1, 0.15) is 0 Å². The van der Waals surface area contributed by atoms with Crippen molar-refractivity contribution in [2.75, 3.05) is 10.5 Å². The number of hydrogen-bond acceptors (Lipinski definition) is 3. The maximum absolute atomic E-state index is 12.8. The topological polar surface area (TPSA) is 72.2 Å². The van der Waals surface area contributed by atoms with Crippen LogP contribution in [0.3, 0.4) is 0 Å². The van der Waals surface area contributed by atoms with E-state index in [1.807, 2.05) is 0 Å². The molecular formula is C12H10BrFN2O2S. The normalized spacial score (nSPS) is 11.3. The molecule has 2 rings (SSSR count). The Morgan fingerprint density at radius 1 is 1.11 bits per heavy atom. The smallest absolute Gasteiger partial charge is 0.261 e. The molecule has 4 nitrogen and oxygen atoms in total. The van der Waals surface area contributed by atoms with Crippen LogP contribution in [0.15, 0.2) is 51.8 Å². The second-order valence-electron chi connectivity index (χ2n) is 3.80. The Morgan fingerprint density at radius 3 is 2.32 bits per heavy atom. The van der Waals surface area contributed by atoms with Gasteiger partial charge in [-0.25, -0.2) is 12.8 Å². The van der Waals surface area contributed by atoms with Gasteiger partial charge in [0.15, 0.2) is 0 Å². The summed E-state index contributed by atoms with van der Waals surface area (Å²) in [5.41, 5.74) is 6.48. The van der Waals surface area contributed by atoms with Crippen LogP contribution in [0.2, 0.25) is 0 Å². The second-order valence-corrected chi connectivity index (χ2v) is 6.33. The molecule has 0 fully saturated rings. The maximum atomic E-state index is 12.8. The van der Waals surface area contributed by atoms with Gasteiger partial charge in [-0.1, -0.05) is 0 Å². The SMILES string of the molecule is Nc1ccc(NS(=O)(=O)c2ccc(F)cc2)cc1Br. The first-order valence-corrected chi connectivity index (χ1v) is 7.49. The van der Waals surface area contributed by atoms with Crippen LogP contribution in [0.5, 0.6) is 0 Å². The third-order valence-corrected chi connectivity index (χ3v) is 4.46. The summed E-state index contributed by atoms with van der Waals surface area (Å²) >= 11 is 3.21. The largest absolute Gasteiger partial charge is 0.398 e. The summed E-state index contributed by atoms with van der Waals surface area (Å²) in [6.07, 6.45) is 0. The minimum Gasteiger partial charge on any atom is -0.398 e. The molecule has 2 aromatic carbocycles. The molecule has 0 aliphatic heterocycles. The Balaban J connectivity index is 2.30. The molecule has 0 saturated carbocycles. The molecule has 0 unspecified atom stereocenters. The van der Waals surface area contributed by atoms with Crippen LogP contribution in [-0.4, -0.2) is 8.42 Å². The van der Waals surface area contributed by atoms with Crippen molar-refractivity contribution in [2.45, 2.75) is 4.90 Å². The molecule has 0 aliphatic rings. The van der Waals surface area contributed by atoms with Crippen LogP contribution >= 0.6 is 15.9 Å². The predicted molar refractivity (Wildman–Crippen MR) is 75.8 cm³/mol. The molecule has 2 aromatic rings. The highest BCUT2D eigenvalue weighted by Crippen LogP contribution is 2.25. The Hall–Kier alpha value is -1.60. The van der Waals surface area contributed by atoms with E-state index in [4.69, 9.17) is 5.73 Å². The molecule has 0 radical (unpaired) electrons. The van der Waals surface area contributed by atoms with Crippen molar-refractivity contribution in [1.29, 1.82) is 0 Å². The minimum absolute atomic E-state index is 0.0122. The van der Waals surface area contributed by atoms with E-state index in [1.54, 1.807) is 18.2 Å². The molecule has 0 bridgehead atoms. The number of nitrogen functional groups attached to an aromatic ring is 1. The van der Waals surface area contributed by atoms with E-state index in [0.717, 1.165) is 12.1 Å². The van der Waals surface area contributed by atoms with Gasteiger partial charge in [-0.2, -0.15) is 0 Å². The van der Waals surface area contributed by atoms with Crippen molar-refractivity contribution in [3.63, 3.8) is 0 Å². The zero-order chi connectivity index (χ0) is 14.0. The molecule has 3 N–H and O–H groups in total. The number of sulfonamides is 1. The summed E-state index contributed by atoms with van der Waals surface area (Å²) in [6.45, 7) is 0. The lowest BCUT2D eigenvalue weighted by molar-refractivity contribution is 0.599. The highest BCUT2D eigenvalue weighted by molar-refractivity contribution is 9.10. The summed E-state index contributed by atoms with van der Waals surface area (Å²) in [6, 6.07) is 9.25. The van der Waals surface area contributed by atoms with Gasteiger partial charge in [0, 0.05) is 10.2 Å². The molecule has 0 saturated heterocycles. The van der Waals surface area contributed by atoms with Gasteiger partial charge in [-0.15, -0.1) is 0 Å². The molecule has 19 heavy (non-hydrogen) atoms. The average Bonchev–Trinajstić information content (AvgIpc) is 2.34. The van der Waals surface area contributed by atoms with Gasteiger partial charge in [0.05, 0.1) is 10.6 Å². The third kappa shape index (κ3) is 3.24. The van der Waals surface area contributed by atoms with E-state index < -0.39 is 15.8 Å². The van der Waals surface area contributed by atoms with Crippen molar-refractivity contribution in [3.05, 3.63) is 52.8 Å². The Bertz CT molecular complexity index is 702. The zero-order valence-electron chi connectivity index (χ0n) is 9.60. The number of anilines is 2. The highest BCUT2D eigenvalue weighted by atomic mass is 79.9. The van der Waals surface area contributed by atoms with Crippen LogP contribution in [0.4, 0.5) is 15.8 Å². The van der Waals surface area contributed by atoms with E-state index in [0.29, 0.717) is 15.8 Å². The van der Waals surface area contributed by atoms with Gasteiger partial charge in [0.2, 0.25) is 0 Å². The summed E-state index contributed by atoms with van der Waals surface area (Å²) in [4.78, 5) is -0.0122. The first-order valence-electron chi connectivity index (χ1n) is 5.22. The van der Waals surface area contributed by atoms with Crippen LogP contribution in [0.25, 0.3) is 0 Å². The van der Waals surface area contributed by atoms with Gasteiger partial charge in [-0.05, 0) is 58.4 Å². The molecule has 0 amide bonds. The monoisotopic (exact) mass is 344 g/mol. The number of halogens is 2. The van der Waals surface area contributed by atoms with Crippen LogP contribution < -0.4 is 10.5 Å². The Morgan fingerprint density at radius 2 is 1.74 bits per heavy atom. The van der Waals surface area contributed by atoms with Crippen molar-refractivity contribution < 1.29 is 12.8 Å². The molecule has 0 spiro atoms. The van der Waals surface area contributed by atoms with Gasteiger partial charge in [-0.3, -0.25) is 4.72 Å². The molecule has 0 atom stereocenters. The first kappa shape index (κ1) is 13.8. The zero-order valence-corrected chi connectivity index (χ0v) is 12.0. The Labute approximate surface area is 118 Å². The molecule has 7 heteroatoms. The quantitative estimate of drug-likeness (QED) is 0.840. The number of rotatable bonds is 3.